The number of esters is 1. The number of carbonyl (C=O) groups excluding carboxylic acids is 4. The van der Waals surface area contributed by atoms with Crippen LogP contribution in [-0.2, 0) is 25.7 Å². The molecule has 2 aliphatic heterocycles. The maximum absolute atomic E-state index is 13.8. The third-order valence-electron chi connectivity index (χ3n) is 7.27. The number of benzene rings is 3. The Kier molecular flexibility index (Phi) is 7.72. The molecule has 4 aromatic rings. The average molecular weight is 618 g/mol. The molecule has 2 aliphatic rings. The van der Waals surface area contributed by atoms with Crippen molar-refractivity contribution in [3.63, 3.8) is 0 Å². The van der Waals surface area contributed by atoms with E-state index >= 15 is 0 Å². The van der Waals surface area contributed by atoms with E-state index in [1.165, 1.54) is 41.0 Å². The number of anilines is 2. The Morgan fingerprint density at radius 2 is 1.63 bits per heavy atom. The fourth-order valence-electron chi connectivity index (χ4n) is 5.37. The number of hydrogen-bond donors (Lipinski definition) is 1. The largest absolute Gasteiger partial charge is 0.462 e. The van der Waals surface area contributed by atoms with Crippen LogP contribution in [0.1, 0.15) is 33.6 Å². The maximum atomic E-state index is 13.8. The van der Waals surface area contributed by atoms with Crippen LogP contribution in [0.4, 0.5) is 15.8 Å². The van der Waals surface area contributed by atoms with Gasteiger partial charge < -0.3 is 10.1 Å². The molecule has 1 N–H and O–H groups in total. The third kappa shape index (κ3) is 5.28. The first-order valence-corrected chi connectivity index (χ1v) is 15.1. The van der Waals surface area contributed by atoms with Crippen molar-refractivity contribution in [1.82, 2.24) is 4.57 Å². The van der Waals surface area contributed by atoms with E-state index in [1.54, 1.807) is 19.1 Å². The number of halogens is 1. The lowest BCUT2D eigenvalue weighted by molar-refractivity contribution is -0.122. The first kappa shape index (κ1) is 28.6. The molecule has 1 aromatic heterocycles. The van der Waals surface area contributed by atoms with E-state index in [4.69, 9.17) is 4.74 Å². The van der Waals surface area contributed by atoms with Crippen LogP contribution in [0.5, 0.6) is 0 Å². The van der Waals surface area contributed by atoms with Crippen molar-refractivity contribution in [2.45, 2.75) is 29.7 Å². The molecule has 0 bridgehead atoms. The number of thioether (sulfide) groups is 1. The molecule has 0 radical (unpaired) electrons. The number of thiazole rings is 1. The molecule has 218 valence electrons. The van der Waals surface area contributed by atoms with Crippen molar-refractivity contribution < 1.29 is 28.3 Å². The quantitative estimate of drug-likeness (QED) is 0.237. The molecule has 43 heavy (non-hydrogen) atoms. The molecule has 3 heterocycles. The second kappa shape index (κ2) is 11.6. The standard InChI is InChI=1S/C31H24FN3O6S2/c1-2-41-30(39)18-8-12-20(13-9-18)33-22(36)16-34-29-26(43-31(34)40)23(17-6-4-3-5-7-17)24-25(42-29)28(38)35(27(24)37)21-14-10-19(32)11-15-21/h3-15,23-25H,2,16H2,1H3,(H,33,36). The molecule has 3 unspecified atom stereocenters. The van der Waals surface area contributed by atoms with Crippen molar-refractivity contribution in [3.05, 3.63) is 110 Å². The van der Waals surface area contributed by atoms with E-state index in [2.05, 4.69) is 5.32 Å². The average Bonchev–Trinajstić information content (AvgIpc) is 3.44. The normalized spacial score (nSPS) is 19.1. The fourth-order valence-corrected chi connectivity index (χ4v) is 8.14. The summed E-state index contributed by atoms with van der Waals surface area (Å²) in [5.74, 6) is -3.72. The molecule has 1 saturated heterocycles. The zero-order chi connectivity index (χ0) is 30.2. The number of nitrogens with one attached hydrogen (secondary N) is 1. The molecule has 0 aliphatic carbocycles. The number of nitrogens with zero attached hydrogens (tertiary/aromatic N) is 2. The summed E-state index contributed by atoms with van der Waals surface area (Å²) in [7, 11) is 0. The van der Waals surface area contributed by atoms with Gasteiger partial charge in [0.15, 0.2) is 0 Å². The highest BCUT2D eigenvalue weighted by molar-refractivity contribution is 8.00. The van der Waals surface area contributed by atoms with Crippen LogP contribution in [0.2, 0.25) is 0 Å². The molecule has 12 heteroatoms. The number of imide groups is 1. The van der Waals surface area contributed by atoms with Crippen LogP contribution < -0.4 is 15.1 Å². The smallest absolute Gasteiger partial charge is 0.338 e. The molecule has 0 saturated carbocycles. The maximum Gasteiger partial charge on any atom is 0.338 e. The highest BCUT2D eigenvalue weighted by atomic mass is 32.2. The molecule has 0 spiro atoms. The number of fused-ring (bicyclic) bond motifs is 2. The summed E-state index contributed by atoms with van der Waals surface area (Å²) in [4.78, 5) is 67.1. The fraction of sp³-hybridized carbons (Fsp3) is 0.194. The Balaban J connectivity index is 1.32. The van der Waals surface area contributed by atoms with Gasteiger partial charge in [-0.15, -0.1) is 0 Å². The minimum Gasteiger partial charge on any atom is -0.462 e. The van der Waals surface area contributed by atoms with Gasteiger partial charge in [-0.3, -0.25) is 23.7 Å². The number of hydrogen-bond acceptors (Lipinski definition) is 8. The van der Waals surface area contributed by atoms with Gasteiger partial charge in [0.05, 0.1) is 28.8 Å². The Morgan fingerprint density at radius 3 is 2.30 bits per heavy atom. The lowest BCUT2D eigenvalue weighted by Gasteiger charge is -2.30. The van der Waals surface area contributed by atoms with Crippen LogP contribution in [0.15, 0.2) is 88.7 Å². The van der Waals surface area contributed by atoms with Crippen molar-refractivity contribution in [1.29, 1.82) is 0 Å². The Morgan fingerprint density at radius 1 is 0.930 bits per heavy atom. The van der Waals surface area contributed by atoms with Gasteiger partial charge in [0, 0.05) is 16.5 Å². The van der Waals surface area contributed by atoms with Crippen molar-refractivity contribution in [3.8, 4) is 0 Å². The topological polar surface area (TPSA) is 115 Å². The zero-order valence-electron chi connectivity index (χ0n) is 22.7. The van der Waals surface area contributed by atoms with Crippen molar-refractivity contribution in [2.75, 3.05) is 16.8 Å². The van der Waals surface area contributed by atoms with Crippen LogP contribution in [0.3, 0.4) is 0 Å². The molecular weight excluding hydrogens is 593 g/mol. The van der Waals surface area contributed by atoms with Gasteiger partial charge in [-0.25, -0.2) is 14.1 Å². The van der Waals surface area contributed by atoms with Gasteiger partial charge in [-0.05, 0) is 61.0 Å². The SMILES string of the molecule is CCOC(=O)c1ccc(NC(=O)Cn2c3c(sc2=O)C(c2ccccc2)C2C(=O)N(c4ccc(F)cc4)C(=O)C2S3)cc1. The number of carbonyl (C=O) groups is 4. The van der Waals surface area contributed by atoms with Gasteiger partial charge in [0.25, 0.3) is 0 Å². The Hall–Kier alpha value is -4.55. The monoisotopic (exact) mass is 617 g/mol. The zero-order valence-corrected chi connectivity index (χ0v) is 24.3. The first-order chi connectivity index (χ1) is 20.8. The van der Waals surface area contributed by atoms with Crippen LogP contribution in [0.25, 0.3) is 0 Å². The minimum absolute atomic E-state index is 0.242. The van der Waals surface area contributed by atoms with Gasteiger partial charge in [0.2, 0.25) is 17.7 Å². The highest BCUT2D eigenvalue weighted by Gasteiger charge is 2.56. The Bertz CT molecular complexity index is 1790. The summed E-state index contributed by atoms with van der Waals surface area (Å²) in [6, 6.07) is 20.5. The van der Waals surface area contributed by atoms with Crippen molar-refractivity contribution in [2.24, 2.45) is 5.92 Å². The molecule has 9 nitrogen and oxygen atoms in total. The summed E-state index contributed by atoms with van der Waals surface area (Å²) in [6.07, 6.45) is 0. The molecule has 3 aromatic carbocycles. The van der Waals surface area contributed by atoms with Crippen LogP contribution >= 0.6 is 23.1 Å². The second-order valence-corrected chi connectivity index (χ2v) is 12.0. The number of ether oxygens (including phenoxy) is 1. The lowest BCUT2D eigenvalue weighted by atomic mass is 9.83. The first-order valence-electron chi connectivity index (χ1n) is 13.4. The van der Waals surface area contributed by atoms with E-state index in [0.29, 0.717) is 21.2 Å². The van der Waals surface area contributed by atoms with E-state index in [0.717, 1.165) is 33.6 Å². The Labute approximate surface area is 253 Å². The molecule has 1 fully saturated rings. The summed E-state index contributed by atoms with van der Waals surface area (Å²) in [6.45, 7) is 1.63. The second-order valence-electron chi connectivity index (χ2n) is 9.91. The number of aromatic nitrogens is 1. The van der Waals surface area contributed by atoms with E-state index in [1.807, 2.05) is 30.3 Å². The predicted molar refractivity (Wildman–Crippen MR) is 160 cm³/mol. The highest BCUT2D eigenvalue weighted by Crippen LogP contribution is 2.53. The molecule has 3 amide bonds. The van der Waals surface area contributed by atoms with E-state index < -0.39 is 46.6 Å². The van der Waals surface area contributed by atoms with E-state index in [9.17, 15) is 28.4 Å². The van der Waals surface area contributed by atoms with Crippen molar-refractivity contribution >= 4 is 58.2 Å². The third-order valence-corrected chi connectivity index (χ3v) is 9.88. The predicted octanol–water partition coefficient (Wildman–Crippen LogP) is 4.66. The number of rotatable bonds is 7. The van der Waals surface area contributed by atoms with Gasteiger partial charge in [0.1, 0.15) is 17.6 Å². The molecule has 6 rings (SSSR count). The van der Waals surface area contributed by atoms with E-state index in [-0.39, 0.29) is 23.7 Å². The summed E-state index contributed by atoms with van der Waals surface area (Å²) in [5.41, 5.74) is 1.80. The summed E-state index contributed by atoms with van der Waals surface area (Å²) in [5, 5.41) is 2.34. The summed E-state index contributed by atoms with van der Waals surface area (Å²) < 4.78 is 19.9. The molecule has 3 atom stereocenters. The van der Waals surface area contributed by atoms with Crippen LogP contribution in [0, 0.1) is 11.7 Å². The van der Waals surface area contributed by atoms with Gasteiger partial charge in [-0.1, -0.05) is 53.4 Å². The summed E-state index contributed by atoms with van der Waals surface area (Å²) >= 11 is 2.05. The number of amides is 3. The minimum atomic E-state index is -0.853. The van der Waals surface area contributed by atoms with Gasteiger partial charge >= 0.3 is 10.8 Å². The van der Waals surface area contributed by atoms with Gasteiger partial charge in [-0.2, -0.15) is 0 Å². The van der Waals surface area contributed by atoms with Crippen LogP contribution in [-0.4, -0.2) is 40.1 Å². The molecular formula is C31H24FN3O6S2. The lowest BCUT2D eigenvalue weighted by Crippen LogP contribution is -2.33.